The zero-order valence-corrected chi connectivity index (χ0v) is 20.1. The highest BCUT2D eigenvalue weighted by molar-refractivity contribution is 5.81. The van der Waals surface area contributed by atoms with Crippen LogP contribution in [0.4, 0.5) is 4.39 Å². The number of fused-ring (bicyclic) bond motifs is 1. The number of amides is 2. The van der Waals surface area contributed by atoms with Crippen LogP contribution in [0, 0.1) is 5.82 Å². The number of para-hydroxylation sites is 1. The van der Waals surface area contributed by atoms with Crippen LogP contribution >= 0.6 is 0 Å². The normalized spacial score (nSPS) is 10.9. The number of halogens is 1. The molecule has 0 spiro atoms. The molecular weight excluding hydrogens is 479 g/mol. The summed E-state index contributed by atoms with van der Waals surface area (Å²) in [5, 5.41) is 5.80. The number of nitrogens with zero attached hydrogens (tertiary/aromatic N) is 2. The molecule has 0 saturated carbocycles. The second-order valence-corrected chi connectivity index (χ2v) is 8.56. The van der Waals surface area contributed by atoms with Gasteiger partial charge in [0, 0.05) is 19.5 Å². The van der Waals surface area contributed by atoms with Crippen molar-refractivity contribution >= 4 is 22.7 Å². The first-order valence-electron chi connectivity index (χ1n) is 11.9. The van der Waals surface area contributed by atoms with E-state index in [1.165, 1.54) is 23.0 Å². The van der Waals surface area contributed by atoms with Crippen LogP contribution in [0.25, 0.3) is 10.9 Å². The largest absolute Gasteiger partial charge is 0.467 e. The van der Waals surface area contributed by atoms with Gasteiger partial charge in [0.25, 0.3) is 5.56 Å². The number of rotatable bonds is 11. The van der Waals surface area contributed by atoms with E-state index in [4.69, 9.17) is 4.42 Å². The van der Waals surface area contributed by atoms with Gasteiger partial charge in [-0.25, -0.2) is 9.18 Å². The molecule has 0 bridgehead atoms. The Morgan fingerprint density at radius 1 is 0.838 bits per heavy atom. The van der Waals surface area contributed by atoms with E-state index in [2.05, 4.69) is 10.6 Å². The highest BCUT2D eigenvalue weighted by Gasteiger charge is 2.15. The zero-order chi connectivity index (χ0) is 26.2. The van der Waals surface area contributed by atoms with Crippen LogP contribution in [0.3, 0.4) is 0 Å². The molecular formula is C27H27FN4O5. The average molecular weight is 507 g/mol. The lowest BCUT2D eigenvalue weighted by molar-refractivity contribution is -0.122. The first-order chi connectivity index (χ1) is 17.9. The van der Waals surface area contributed by atoms with Crippen LogP contribution in [-0.2, 0) is 35.8 Å². The zero-order valence-electron chi connectivity index (χ0n) is 20.1. The van der Waals surface area contributed by atoms with Gasteiger partial charge in [-0.15, -0.1) is 0 Å². The van der Waals surface area contributed by atoms with Gasteiger partial charge in [-0.1, -0.05) is 24.3 Å². The summed E-state index contributed by atoms with van der Waals surface area (Å²) >= 11 is 0. The molecule has 2 N–H and O–H groups in total. The Bertz CT molecular complexity index is 1490. The van der Waals surface area contributed by atoms with E-state index in [1.54, 1.807) is 48.5 Å². The Balaban J connectivity index is 1.41. The molecule has 0 aliphatic heterocycles. The van der Waals surface area contributed by atoms with Crippen molar-refractivity contribution in [3.63, 3.8) is 0 Å². The van der Waals surface area contributed by atoms with Crippen LogP contribution in [0.5, 0.6) is 0 Å². The molecule has 0 fully saturated rings. The van der Waals surface area contributed by atoms with Crippen LogP contribution < -0.4 is 21.9 Å². The van der Waals surface area contributed by atoms with Crippen LogP contribution in [0.15, 0.2) is 80.9 Å². The smallest absolute Gasteiger partial charge is 0.331 e. The summed E-state index contributed by atoms with van der Waals surface area (Å²) in [5.41, 5.74) is 0.0434. The molecule has 4 aromatic rings. The number of nitrogens with one attached hydrogen (secondary N) is 2. The van der Waals surface area contributed by atoms with Gasteiger partial charge in [0.1, 0.15) is 18.1 Å². The lowest BCUT2D eigenvalue weighted by Gasteiger charge is -2.14. The summed E-state index contributed by atoms with van der Waals surface area (Å²) in [6.07, 6.45) is 2.67. The van der Waals surface area contributed by atoms with Crippen molar-refractivity contribution in [3.05, 3.63) is 105 Å². The predicted octanol–water partition coefficient (Wildman–Crippen LogP) is 2.70. The van der Waals surface area contributed by atoms with Gasteiger partial charge < -0.3 is 15.1 Å². The quantitative estimate of drug-likeness (QED) is 0.304. The number of aromatic nitrogens is 2. The van der Waals surface area contributed by atoms with E-state index in [9.17, 15) is 23.6 Å². The van der Waals surface area contributed by atoms with Crippen LogP contribution in [-0.4, -0.2) is 20.9 Å². The predicted molar refractivity (Wildman–Crippen MR) is 135 cm³/mol. The number of hydrogen-bond acceptors (Lipinski definition) is 5. The van der Waals surface area contributed by atoms with E-state index in [1.807, 2.05) is 0 Å². The molecule has 9 nitrogen and oxygen atoms in total. The third-order valence-electron chi connectivity index (χ3n) is 5.91. The van der Waals surface area contributed by atoms with Crippen molar-refractivity contribution in [3.8, 4) is 0 Å². The summed E-state index contributed by atoms with van der Waals surface area (Å²) in [4.78, 5) is 51.0. The van der Waals surface area contributed by atoms with Crippen molar-refractivity contribution in [2.24, 2.45) is 0 Å². The number of furan rings is 1. The minimum atomic E-state index is -0.595. The fourth-order valence-corrected chi connectivity index (χ4v) is 3.97. The molecule has 0 atom stereocenters. The molecule has 37 heavy (non-hydrogen) atoms. The molecule has 10 heteroatoms. The third-order valence-corrected chi connectivity index (χ3v) is 5.91. The van der Waals surface area contributed by atoms with Crippen molar-refractivity contribution in [2.75, 3.05) is 0 Å². The van der Waals surface area contributed by atoms with Gasteiger partial charge in [-0.05, 0) is 54.8 Å². The Morgan fingerprint density at radius 2 is 1.59 bits per heavy atom. The van der Waals surface area contributed by atoms with Gasteiger partial charge in [0.05, 0.1) is 23.7 Å². The maximum atomic E-state index is 13.2. The van der Waals surface area contributed by atoms with Crippen molar-refractivity contribution in [1.29, 1.82) is 0 Å². The Hall–Kier alpha value is -4.47. The lowest BCUT2D eigenvalue weighted by Crippen LogP contribution is -2.42. The molecule has 0 aliphatic carbocycles. The maximum absolute atomic E-state index is 13.2. The van der Waals surface area contributed by atoms with Gasteiger partial charge in [-0.2, -0.15) is 0 Å². The molecule has 0 aliphatic rings. The average Bonchev–Trinajstić information content (AvgIpc) is 3.43. The monoisotopic (exact) mass is 506 g/mol. The number of carbonyl (C=O) groups is 2. The van der Waals surface area contributed by atoms with E-state index >= 15 is 0 Å². The van der Waals surface area contributed by atoms with Gasteiger partial charge in [-0.3, -0.25) is 23.5 Å². The van der Waals surface area contributed by atoms with Crippen molar-refractivity contribution in [2.45, 2.75) is 45.4 Å². The highest BCUT2D eigenvalue weighted by atomic mass is 19.1. The molecule has 2 amide bonds. The molecule has 192 valence electrons. The summed E-state index contributed by atoms with van der Waals surface area (Å²) in [7, 11) is 0. The highest BCUT2D eigenvalue weighted by Crippen LogP contribution is 2.09. The third kappa shape index (κ3) is 6.60. The minimum Gasteiger partial charge on any atom is -0.467 e. The fourth-order valence-electron chi connectivity index (χ4n) is 3.97. The summed E-state index contributed by atoms with van der Waals surface area (Å²) in [5.74, 6) is -0.296. The van der Waals surface area contributed by atoms with Crippen molar-refractivity contribution in [1.82, 2.24) is 19.8 Å². The van der Waals surface area contributed by atoms with Crippen molar-refractivity contribution < 1.29 is 18.4 Å². The summed E-state index contributed by atoms with van der Waals surface area (Å²) in [6.45, 7) is 0.304. The lowest BCUT2D eigenvalue weighted by atomic mass is 10.2. The minimum absolute atomic E-state index is 0.116. The van der Waals surface area contributed by atoms with E-state index in [-0.39, 0.29) is 37.8 Å². The molecule has 2 aromatic carbocycles. The van der Waals surface area contributed by atoms with Crippen LogP contribution in [0.1, 0.15) is 30.6 Å². The second-order valence-electron chi connectivity index (χ2n) is 8.56. The maximum Gasteiger partial charge on any atom is 0.331 e. The molecule has 4 rings (SSSR count). The SMILES string of the molecule is O=C(CCCCn1c(=O)c2ccccc2n(CC(=O)NCc2ccc(F)cc2)c1=O)NCc1ccco1. The Kier molecular flexibility index (Phi) is 8.29. The number of hydrogen-bond donors (Lipinski definition) is 2. The molecule has 0 saturated heterocycles. The van der Waals surface area contributed by atoms with Gasteiger partial charge in [0.15, 0.2) is 0 Å². The summed E-state index contributed by atoms with van der Waals surface area (Å²) < 4.78 is 20.7. The van der Waals surface area contributed by atoms with Gasteiger partial charge in [0.2, 0.25) is 11.8 Å². The van der Waals surface area contributed by atoms with E-state index in [0.29, 0.717) is 41.6 Å². The van der Waals surface area contributed by atoms with E-state index in [0.717, 1.165) is 4.57 Å². The fraction of sp³-hybridized carbons (Fsp3) is 0.259. The Labute approximate surface area is 211 Å². The number of unbranched alkanes of at least 4 members (excludes halogenated alkanes) is 1. The standard InChI is InChI=1S/C27H27FN4O5/c28-20-12-10-19(11-13-20)16-29-25(34)18-32-23-8-2-1-7-22(23)26(35)31(27(32)36)14-4-3-9-24(33)30-17-21-6-5-15-37-21/h1-2,5-8,10-13,15H,3-4,9,14,16-18H2,(H,29,34)(H,30,33). The Morgan fingerprint density at radius 3 is 2.35 bits per heavy atom. The molecule has 0 radical (unpaired) electrons. The second kappa shape index (κ2) is 12.0. The molecule has 2 heterocycles. The van der Waals surface area contributed by atoms with E-state index < -0.39 is 17.2 Å². The summed E-state index contributed by atoms with van der Waals surface area (Å²) in [6, 6.07) is 15.9. The number of carbonyl (C=O) groups excluding carboxylic acids is 2. The topological polar surface area (TPSA) is 115 Å². The first kappa shape index (κ1) is 25.6. The van der Waals surface area contributed by atoms with Gasteiger partial charge >= 0.3 is 5.69 Å². The molecule has 2 aromatic heterocycles. The van der Waals surface area contributed by atoms with Crippen LogP contribution in [0.2, 0.25) is 0 Å². The first-order valence-corrected chi connectivity index (χ1v) is 11.9. The molecule has 0 unspecified atom stereocenters. The number of benzene rings is 2.